The SMILES string of the molecule is Cn1cc(Oc2ncccc2C#N)c2c(Cl)cc(Nc3n[nH]c4cccnc34)cc21. The summed E-state index contributed by atoms with van der Waals surface area (Å²) in [5, 5.41) is 21.0. The predicted octanol–water partition coefficient (Wildman–Crippen LogP) is 4.91. The molecule has 0 saturated carbocycles. The Balaban J connectivity index is 1.55. The lowest BCUT2D eigenvalue weighted by Gasteiger charge is -2.08. The molecular formula is C21H14ClN7O. The highest BCUT2D eigenvalue weighted by molar-refractivity contribution is 6.36. The van der Waals surface area contributed by atoms with Gasteiger partial charge in [0.25, 0.3) is 0 Å². The normalized spacial score (nSPS) is 11.0. The molecule has 5 rings (SSSR count). The van der Waals surface area contributed by atoms with Crippen molar-refractivity contribution in [2.45, 2.75) is 0 Å². The van der Waals surface area contributed by atoms with Crippen LogP contribution in [0.5, 0.6) is 11.6 Å². The molecule has 0 atom stereocenters. The number of halogens is 1. The fraction of sp³-hybridized carbons (Fsp3) is 0.0476. The zero-order valence-electron chi connectivity index (χ0n) is 15.7. The molecule has 0 aliphatic carbocycles. The summed E-state index contributed by atoms with van der Waals surface area (Å²) in [5.41, 5.74) is 3.54. The monoisotopic (exact) mass is 415 g/mol. The number of anilines is 2. The lowest BCUT2D eigenvalue weighted by atomic mass is 10.2. The van der Waals surface area contributed by atoms with Gasteiger partial charge < -0.3 is 14.6 Å². The number of nitrogens with one attached hydrogen (secondary N) is 2. The fourth-order valence-corrected chi connectivity index (χ4v) is 3.62. The number of nitrogens with zero attached hydrogens (tertiary/aromatic N) is 5. The van der Waals surface area contributed by atoms with Gasteiger partial charge in [0.05, 0.1) is 21.4 Å². The van der Waals surface area contributed by atoms with E-state index in [0.717, 1.165) is 27.6 Å². The Kier molecular flexibility index (Phi) is 4.23. The first kappa shape index (κ1) is 18.0. The summed E-state index contributed by atoms with van der Waals surface area (Å²) in [6.07, 6.45) is 5.10. The third-order valence-electron chi connectivity index (χ3n) is 4.69. The summed E-state index contributed by atoms with van der Waals surface area (Å²) in [5.74, 6) is 1.37. The molecule has 0 radical (unpaired) electrons. The standard InChI is InChI=1S/C21H14ClN7O/c1-29-11-17(30-21-12(10-23)4-2-7-25-21)18-14(22)8-13(9-16(18)29)26-20-19-15(27-28-20)5-3-6-24-19/h2-9,11H,1H3,(H2,26,27,28). The number of ether oxygens (including phenoxy) is 1. The van der Waals surface area contributed by atoms with Crippen molar-refractivity contribution in [3.63, 3.8) is 0 Å². The van der Waals surface area contributed by atoms with E-state index < -0.39 is 0 Å². The maximum Gasteiger partial charge on any atom is 0.237 e. The minimum Gasteiger partial charge on any atom is -0.435 e. The van der Waals surface area contributed by atoms with Gasteiger partial charge in [-0.05, 0) is 36.4 Å². The molecule has 0 amide bonds. The van der Waals surface area contributed by atoms with E-state index in [-0.39, 0.29) is 5.88 Å². The van der Waals surface area contributed by atoms with Crippen LogP contribution in [0.25, 0.3) is 21.9 Å². The minimum atomic E-state index is 0.236. The lowest BCUT2D eigenvalue weighted by Crippen LogP contribution is -1.94. The number of H-pyrrole nitrogens is 1. The van der Waals surface area contributed by atoms with Gasteiger partial charge in [-0.3, -0.25) is 10.1 Å². The van der Waals surface area contributed by atoms with Crippen LogP contribution in [-0.2, 0) is 7.05 Å². The maximum absolute atomic E-state index is 9.28. The van der Waals surface area contributed by atoms with Crippen LogP contribution in [0, 0.1) is 11.3 Å². The van der Waals surface area contributed by atoms with Gasteiger partial charge in [0.15, 0.2) is 11.6 Å². The molecule has 30 heavy (non-hydrogen) atoms. The van der Waals surface area contributed by atoms with E-state index in [0.29, 0.717) is 22.2 Å². The number of hydrogen-bond donors (Lipinski definition) is 2. The molecule has 0 spiro atoms. The molecule has 4 heterocycles. The average molecular weight is 416 g/mol. The molecule has 1 aromatic carbocycles. The van der Waals surface area contributed by atoms with Crippen LogP contribution in [0.4, 0.5) is 11.5 Å². The zero-order valence-corrected chi connectivity index (χ0v) is 16.5. The maximum atomic E-state index is 9.28. The first-order chi connectivity index (χ1) is 14.6. The van der Waals surface area contributed by atoms with Gasteiger partial charge in [0, 0.05) is 31.3 Å². The number of rotatable bonds is 4. The zero-order chi connectivity index (χ0) is 20.7. The van der Waals surface area contributed by atoms with E-state index in [9.17, 15) is 5.26 Å². The highest BCUT2D eigenvalue weighted by Gasteiger charge is 2.17. The third kappa shape index (κ3) is 2.98. The summed E-state index contributed by atoms with van der Waals surface area (Å²) in [6.45, 7) is 0. The quantitative estimate of drug-likeness (QED) is 0.432. The second kappa shape index (κ2) is 7.06. The Morgan fingerprint density at radius 1 is 1.20 bits per heavy atom. The Morgan fingerprint density at radius 2 is 2.03 bits per heavy atom. The molecule has 0 aliphatic rings. The van der Waals surface area contributed by atoms with Gasteiger partial charge in [-0.1, -0.05) is 11.6 Å². The second-order valence-corrected chi connectivity index (χ2v) is 7.03. The van der Waals surface area contributed by atoms with Gasteiger partial charge >= 0.3 is 0 Å². The van der Waals surface area contributed by atoms with Gasteiger partial charge in [0.2, 0.25) is 5.88 Å². The van der Waals surface area contributed by atoms with E-state index in [2.05, 4.69) is 31.6 Å². The molecule has 2 N–H and O–H groups in total. The van der Waals surface area contributed by atoms with Gasteiger partial charge in [-0.25, -0.2) is 4.98 Å². The molecule has 5 aromatic rings. The van der Waals surface area contributed by atoms with E-state index in [4.69, 9.17) is 16.3 Å². The van der Waals surface area contributed by atoms with Crippen molar-refractivity contribution in [1.82, 2.24) is 24.7 Å². The number of pyridine rings is 2. The predicted molar refractivity (Wildman–Crippen MR) is 114 cm³/mol. The highest BCUT2D eigenvalue weighted by Crippen LogP contribution is 2.39. The van der Waals surface area contributed by atoms with Crippen molar-refractivity contribution >= 4 is 45.0 Å². The molecular weight excluding hydrogens is 402 g/mol. The smallest absolute Gasteiger partial charge is 0.237 e. The van der Waals surface area contributed by atoms with Crippen LogP contribution in [0.15, 0.2) is 55.0 Å². The summed E-state index contributed by atoms with van der Waals surface area (Å²) in [4.78, 5) is 8.52. The minimum absolute atomic E-state index is 0.236. The molecule has 146 valence electrons. The van der Waals surface area contributed by atoms with E-state index in [1.807, 2.05) is 36.0 Å². The molecule has 0 bridgehead atoms. The van der Waals surface area contributed by atoms with Crippen molar-refractivity contribution in [3.05, 3.63) is 65.6 Å². The van der Waals surface area contributed by atoms with Gasteiger partial charge in [-0.2, -0.15) is 10.4 Å². The van der Waals surface area contributed by atoms with Crippen LogP contribution >= 0.6 is 11.6 Å². The molecule has 9 heteroatoms. The van der Waals surface area contributed by atoms with E-state index >= 15 is 0 Å². The van der Waals surface area contributed by atoms with Gasteiger partial charge in [0.1, 0.15) is 17.1 Å². The number of aryl methyl sites for hydroxylation is 1. The first-order valence-corrected chi connectivity index (χ1v) is 9.39. The number of nitriles is 1. The van der Waals surface area contributed by atoms with Crippen molar-refractivity contribution in [1.29, 1.82) is 5.26 Å². The molecule has 0 fully saturated rings. The second-order valence-electron chi connectivity index (χ2n) is 6.62. The Bertz CT molecular complexity index is 1450. The van der Waals surface area contributed by atoms with E-state index in [1.165, 1.54) is 0 Å². The molecule has 0 unspecified atom stereocenters. The first-order valence-electron chi connectivity index (χ1n) is 9.01. The summed E-state index contributed by atoms with van der Waals surface area (Å²) in [6, 6.07) is 12.9. The van der Waals surface area contributed by atoms with Crippen molar-refractivity contribution in [2.75, 3.05) is 5.32 Å². The van der Waals surface area contributed by atoms with Crippen molar-refractivity contribution < 1.29 is 4.74 Å². The molecule has 0 aliphatic heterocycles. The molecule has 4 aromatic heterocycles. The largest absolute Gasteiger partial charge is 0.435 e. The summed E-state index contributed by atoms with van der Waals surface area (Å²) < 4.78 is 7.83. The summed E-state index contributed by atoms with van der Waals surface area (Å²) >= 11 is 6.62. The Labute approximate surface area is 175 Å². The summed E-state index contributed by atoms with van der Waals surface area (Å²) in [7, 11) is 1.89. The Morgan fingerprint density at radius 3 is 2.90 bits per heavy atom. The van der Waals surface area contributed by atoms with Crippen molar-refractivity contribution in [2.24, 2.45) is 7.05 Å². The highest BCUT2D eigenvalue weighted by atomic mass is 35.5. The number of aromatic nitrogens is 5. The van der Waals surface area contributed by atoms with Crippen molar-refractivity contribution in [3.8, 4) is 17.7 Å². The lowest BCUT2D eigenvalue weighted by molar-refractivity contribution is 0.465. The van der Waals surface area contributed by atoms with Gasteiger partial charge in [-0.15, -0.1) is 0 Å². The third-order valence-corrected chi connectivity index (χ3v) is 4.99. The molecule has 0 saturated heterocycles. The van der Waals surface area contributed by atoms with Crippen LogP contribution in [0.2, 0.25) is 5.02 Å². The number of fused-ring (bicyclic) bond motifs is 2. The topological polar surface area (TPSA) is 104 Å². The fourth-order valence-electron chi connectivity index (χ4n) is 3.31. The van der Waals surface area contributed by atoms with Crippen LogP contribution in [-0.4, -0.2) is 24.7 Å². The number of aromatic amines is 1. The van der Waals surface area contributed by atoms with Crippen LogP contribution < -0.4 is 10.1 Å². The van der Waals surface area contributed by atoms with Crippen LogP contribution in [0.1, 0.15) is 5.56 Å². The number of hydrogen-bond acceptors (Lipinski definition) is 6. The molecule has 8 nitrogen and oxygen atoms in total. The van der Waals surface area contributed by atoms with E-state index in [1.54, 1.807) is 30.6 Å². The Hall–Kier alpha value is -4.09. The average Bonchev–Trinajstić information content (AvgIpc) is 3.30. The van der Waals surface area contributed by atoms with Crippen LogP contribution in [0.3, 0.4) is 0 Å². The number of benzene rings is 1.